The minimum absolute atomic E-state index is 0.0651. The van der Waals surface area contributed by atoms with Crippen LogP contribution in [0.2, 0.25) is 0 Å². The second-order valence-corrected chi connectivity index (χ2v) is 6.64. The summed E-state index contributed by atoms with van der Waals surface area (Å²) in [6, 6.07) is 13.7. The zero-order chi connectivity index (χ0) is 19.2. The Bertz CT molecular complexity index is 804. The molecule has 1 fully saturated rings. The SMILES string of the molecule is COCc1ccc(CNC(=O)C2CCCN2C(=O)c2ccccc2O)cc1. The average Bonchev–Trinajstić information content (AvgIpc) is 3.17. The van der Waals surface area contributed by atoms with E-state index < -0.39 is 6.04 Å². The van der Waals surface area contributed by atoms with Crippen LogP contribution < -0.4 is 5.32 Å². The number of nitrogens with zero attached hydrogens (tertiary/aromatic N) is 1. The molecule has 3 rings (SSSR count). The van der Waals surface area contributed by atoms with Crippen LogP contribution in [0.5, 0.6) is 5.75 Å². The Hall–Kier alpha value is -2.86. The molecule has 0 aliphatic carbocycles. The number of aromatic hydroxyl groups is 1. The molecule has 6 heteroatoms. The molecule has 1 heterocycles. The number of amides is 2. The molecule has 1 aliphatic rings. The Morgan fingerprint density at radius 1 is 1.15 bits per heavy atom. The summed E-state index contributed by atoms with van der Waals surface area (Å²) in [6.45, 7) is 1.47. The first-order chi connectivity index (χ1) is 13.1. The molecule has 1 atom stereocenters. The van der Waals surface area contributed by atoms with Gasteiger partial charge in [0.05, 0.1) is 12.2 Å². The number of carbonyl (C=O) groups is 2. The third-order valence-corrected chi connectivity index (χ3v) is 4.75. The molecule has 1 unspecified atom stereocenters. The Morgan fingerprint density at radius 2 is 1.85 bits per heavy atom. The van der Waals surface area contributed by atoms with Crippen molar-refractivity contribution in [2.24, 2.45) is 0 Å². The zero-order valence-corrected chi connectivity index (χ0v) is 15.4. The number of para-hydroxylation sites is 1. The first-order valence-electron chi connectivity index (χ1n) is 9.03. The van der Waals surface area contributed by atoms with Gasteiger partial charge in [-0.2, -0.15) is 0 Å². The van der Waals surface area contributed by atoms with Gasteiger partial charge < -0.3 is 20.1 Å². The predicted molar refractivity (Wildman–Crippen MR) is 101 cm³/mol. The number of phenols is 1. The van der Waals surface area contributed by atoms with E-state index in [9.17, 15) is 14.7 Å². The first kappa shape index (κ1) is 18.9. The lowest BCUT2D eigenvalue weighted by Crippen LogP contribution is -2.45. The lowest BCUT2D eigenvalue weighted by Gasteiger charge is -2.24. The van der Waals surface area contributed by atoms with Crippen LogP contribution in [0.25, 0.3) is 0 Å². The molecule has 0 spiro atoms. The van der Waals surface area contributed by atoms with Crippen molar-refractivity contribution in [3.63, 3.8) is 0 Å². The second kappa shape index (κ2) is 8.68. The third kappa shape index (κ3) is 4.46. The number of rotatable bonds is 6. The highest BCUT2D eigenvalue weighted by Crippen LogP contribution is 2.24. The van der Waals surface area contributed by atoms with Gasteiger partial charge in [0.1, 0.15) is 11.8 Å². The van der Waals surface area contributed by atoms with Crippen molar-refractivity contribution in [1.82, 2.24) is 10.2 Å². The molecule has 1 aliphatic heterocycles. The number of hydrogen-bond acceptors (Lipinski definition) is 4. The van der Waals surface area contributed by atoms with Crippen molar-refractivity contribution >= 4 is 11.8 Å². The van der Waals surface area contributed by atoms with Crippen molar-refractivity contribution in [3.8, 4) is 5.75 Å². The lowest BCUT2D eigenvalue weighted by atomic mass is 10.1. The highest BCUT2D eigenvalue weighted by Gasteiger charge is 2.35. The van der Waals surface area contributed by atoms with Gasteiger partial charge in [0.15, 0.2) is 0 Å². The fourth-order valence-electron chi connectivity index (χ4n) is 3.32. The van der Waals surface area contributed by atoms with Crippen LogP contribution in [0.3, 0.4) is 0 Å². The van der Waals surface area contributed by atoms with Gasteiger partial charge in [-0.1, -0.05) is 36.4 Å². The van der Waals surface area contributed by atoms with Crippen LogP contribution in [0, 0.1) is 0 Å². The van der Waals surface area contributed by atoms with Gasteiger partial charge in [-0.05, 0) is 36.1 Å². The topological polar surface area (TPSA) is 78.9 Å². The summed E-state index contributed by atoms with van der Waals surface area (Å²) < 4.78 is 5.09. The van der Waals surface area contributed by atoms with Gasteiger partial charge in [0, 0.05) is 20.2 Å². The van der Waals surface area contributed by atoms with Crippen molar-refractivity contribution in [2.45, 2.75) is 32.0 Å². The Morgan fingerprint density at radius 3 is 2.56 bits per heavy atom. The molecule has 2 aromatic carbocycles. The van der Waals surface area contributed by atoms with Crippen molar-refractivity contribution in [2.75, 3.05) is 13.7 Å². The smallest absolute Gasteiger partial charge is 0.258 e. The van der Waals surface area contributed by atoms with E-state index in [1.165, 1.54) is 6.07 Å². The summed E-state index contributed by atoms with van der Waals surface area (Å²) in [6.07, 6.45) is 1.39. The van der Waals surface area contributed by atoms with E-state index in [0.29, 0.717) is 26.1 Å². The number of nitrogens with one attached hydrogen (secondary N) is 1. The summed E-state index contributed by atoms with van der Waals surface area (Å²) in [5, 5.41) is 12.8. The quantitative estimate of drug-likeness (QED) is 0.821. The molecule has 27 heavy (non-hydrogen) atoms. The van der Waals surface area contributed by atoms with Crippen LogP contribution in [0.1, 0.15) is 34.3 Å². The van der Waals surface area contributed by atoms with Gasteiger partial charge in [0.25, 0.3) is 5.91 Å². The maximum atomic E-state index is 12.7. The highest BCUT2D eigenvalue weighted by atomic mass is 16.5. The summed E-state index contributed by atoms with van der Waals surface area (Å²) in [7, 11) is 1.65. The minimum atomic E-state index is -0.509. The van der Waals surface area contributed by atoms with E-state index in [4.69, 9.17) is 4.74 Å². The normalized spacial score (nSPS) is 16.3. The Labute approximate surface area is 158 Å². The molecule has 2 amide bonds. The van der Waals surface area contributed by atoms with Crippen LogP contribution in [0.15, 0.2) is 48.5 Å². The van der Waals surface area contributed by atoms with E-state index >= 15 is 0 Å². The number of likely N-dealkylation sites (tertiary alicyclic amines) is 1. The van der Waals surface area contributed by atoms with Crippen molar-refractivity contribution < 1.29 is 19.4 Å². The molecule has 2 aromatic rings. The summed E-state index contributed by atoms with van der Waals surface area (Å²) >= 11 is 0. The number of methoxy groups -OCH3 is 1. The maximum Gasteiger partial charge on any atom is 0.258 e. The molecule has 2 N–H and O–H groups in total. The molecule has 0 radical (unpaired) electrons. The van der Waals surface area contributed by atoms with Gasteiger partial charge in [-0.3, -0.25) is 9.59 Å². The van der Waals surface area contributed by atoms with E-state index in [1.807, 2.05) is 24.3 Å². The first-order valence-corrected chi connectivity index (χ1v) is 9.03. The summed E-state index contributed by atoms with van der Waals surface area (Å²) in [5.74, 6) is -0.545. The monoisotopic (exact) mass is 368 g/mol. The highest BCUT2D eigenvalue weighted by molar-refractivity contribution is 5.99. The van der Waals surface area contributed by atoms with Gasteiger partial charge in [0.2, 0.25) is 5.91 Å². The molecule has 6 nitrogen and oxygen atoms in total. The number of benzene rings is 2. The number of ether oxygens (including phenoxy) is 1. The largest absolute Gasteiger partial charge is 0.507 e. The summed E-state index contributed by atoms with van der Waals surface area (Å²) in [4.78, 5) is 26.9. The van der Waals surface area contributed by atoms with Gasteiger partial charge in [-0.15, -0.1) is 0 Å². The lowest BCUT2D eigenvalue weighted by molar-refractivity contribution is -0.125. The van der Waals surface area contributed by atoms with Crippen LogP contribution in [0.4, 0.5) is 0 Å². The number of phenolic OH excluding ortho intramolecular Hbond substituents is 1. The molecule has 0 bridgehead atoms. The third-order valence-electron chi connectivity index (χ3n) is 4.75. The zero-order valence-electron chi connectivity index (χ0n) is 15.4. The fraction of sp³-hybridized carbons (Fsp3) is 0.333. The average molecular weight is 368 g/mol. The van der Waals surface area contributed by atoms with Crippen molar-refractivity contribution in [1.29, 1.82) is 0 Å². The Kier molecular flexibility index (Phi) is 6.08. The summed E-state index contributed by atoms with van der Waals surface area (Å²) in [5.41, 5.74) is 2.29. The van der Waals surface area contributed by atoms with Gasteiger partial charge in [-0.25, -0.2) is 0 Å². The molecule has 142 valence electrons. The second-order valence-electron chi connectivity index (χ2n) is 6.64. The molecular weight excluding hydrogens is 344 g/mol. The van der Waals surface area contributed by atoms with Crippen LogP contribution >= 0.6 is 0 Å². The molecule has 0 aromatic heterocycles. The number of carbonyl (C=O) groups excluding carboxylic acids is 2. The molecule has 0 saturated carbocycles. The molecule has 1 saturated heterocycles. The standard InChI is InChI=1S/C21H24N2O4/c1-27-14-16-10-8-15(9-11-16)13-22-20(25)18-6-4-12-23(18)21(26)17-5-2-3-7-19(17)24/h2-3,5,7-11,18,24H,4,6,12-14H2,1H3,(H,22,25). The van der Waals surface area contributed by atoms with E-state index in [2.05, 4.69) is 5.32 Å². The fourth-order valence-corrected chi connectivity index (χ4v) is 3.32. The number of hydrogen-bond donors (Lipinski definition) is 2. The van der Waals surface area contributed by atoms with Crippen LogP contribution in [-0.2, 0) is 22.7 Å². The predicted octanol–water partition coefficient (Wildman–Crippen LogP) is 2.46. The van der Waals surface area contributed by atoms with E-state index in [0.717, 1.165) is 17.5 Å². The van der Waals surface area contributed by atoms with Gasteiger partial charge >= 0.3 is 0 Å². The maximum absolute atomic E-state index is 12.7. The Balaban J connectivity index is 1.62. The molecular formula is C21H24N2O4. The van der Waals surface area contributed by atoms with E-state index in [-0.39, 0.29) is 23.1 Å². The minimum Gasteiger partial charge on any atom is -0.507 e. The van der Waals surface area contributed by atoms with E-state index in [1.54, 1.807) is 30.2 Å². The van der Waals surface area contributed by atoms with Crippen molar-refractivity contribution in [3.05, 3.63) is 65.2 Å². The van der Waals surface area contributed by atoms with Crippen LogP contribution in [-0.4, -0.2) is 41.5 Å².